The number of hydrogen-bond acceptors (Lipinski definition) is 3. The molecular formula is C15H20ClNO2. The molecule has 0 spiro atoms. The molecule has 0 N–H and O–H groups in total. The summed E-state index contributed by atoms with van der Waals surface area (Å²) in [5, 5.41) is 0.632. The Labute approximate surface area is 119 Å². The van der Waals surface area contributed by atoms with Crippen molar-refractivity contribution in [3.05, 3.63) is 28.8 Å². The second-order valence-corrected chi connectivity index (χ2v) is 5.30. The quantitative estimate of drug-likeness (QED) is 0.773. The number of likely N-dealkylation sites (N-methyl/N-ethyl adjacent to an activating group) is 1. The van der Waals surface area contributed by atoms with Crippen molar-refractivity contribution in [1.82, 2.24) is 0 Å². The molecule has 1 unspecified atom stereocenters. The van der Waals surface area contributed by atoms with Gasteiger partial charge in [0.1, 0.15) is 0 Å². The maximum absolute atomic E-state index is 11.3. The molecule has 1 heterocycles. The maximum atomic E-state index is 11.3. The summed E-state index contributed by atoms with van der Waals surface area (Å²) in [5.74, 6) is 0.0376. The van der Waals surface area contributed by atoms with Gasteiger partial charge in [0.2, 0.25) is 0 Å². The number of ether oxygens (including phenoxy) is 1. The first-order valence-corrected chi connectivity index (χ1v) is 7.16. The molecule has 1 aromatic carbocycles. The first-order chi connectivity index (χ1) is 9.11. The van der Waals surface area contributed by atoms with E-state index in [-0.39, 0.29) is 5.78 Å². The fourth-order valence-corrected chi connectivity index (χ4v) is 2.71. The number of nitrogens with zero attached hydrogens (tertiary/aromatic N) is 1. The molecule has 1 aliphatic heterocycles. The zero-order valence-corrected chi connectivity index (χ0v) is 12.2. The Kier molecular flexibility index (Phi) is 4.83. The van der Waals surface area contributed by atoms with Crippen molar-refractivity contribution in [2.45, 2.75) is 32.8 Å². The van der Waals surface area contributed by atoms with Crippen LogP contribution < -0.4 is 4.90 Å². The third kappa shape index (κ3) is 3.48. The van der Waals surface area contributed by atoms with Gasteiger partial charge in [-0.15, -0.1) is 0 Å². The molecule has 0 radical (unpaired) electrons. The lowest BCUT2D eigenvalue weighted by Crippen LogP contribution is -2.32. The summed E-state index contributed by atoms with van der Waals surface area (Å²) < 4.78 is 5.67. The highest BCUT2D eigenvalue weighted by molar-refractivity contribution is 6.33. The number of carbonyl (C=O) groups excluding carboxylic acids is 1. The second kappa shape index (κ2) is 6.40. The second-order valence-electron chi connectivity index (χ2n) is 4.90. The molecule has 19 heavy (non-hydrogen) atoms. The van der Waals surface area contributed by atoms with E-state index in [2.05, 4.69) is 11.8 Å². The van der Waals surface area contributed by atoms with Crippen LogP contribution in [0.2, 0.25) is 5.02 Å². The monoisotopic (exact) mass is 281 g/mol. The summed E-state index contributed by atoms with van der Waals surface area (Å²) in [6, 6.07) is 5.51. The topological polar surface area (TPSA) is 29.5 Å². The standard InChI is InChI=1S/C15H20ClNO2/c1-3-17(10-13-5-4-8-19-13)15-7-6-12(11(2)18)9-14(15)16/h6-7,9,13H,3-5,8,10H2,1-2H3. The lowest BCUT2D eigenvalue weighted by molar-refractivity contribution is 0.101. The van der Waals surface area contributed by atoms with E-state index >= 15 is 0 Å². The van der Waals surface area contributed by atoms with Gasteiger partial charge in [0.15, 0.2) is 5.78 Å². The Morgan fingerprint density at radius 2 is 2.32 bits per heavy atom. The Bertz CT molecular complexity index is 455. The van der Waals surface area contributed by atoms with Gasteiger partial charge in [0.25, 0.3) is 0 Å². The molecule has 1 aliphatic rings. The lowest BCUT2D eigenvalue weighted by atomic mass is 10.1. The van der Waals surface area contributed by atoms with E-state index in [0.29, 0.717) is 16.7 Å². The number of benzene rings is 1. The molecule has 0 aliphatic carbocycles. The van der Waals surface area contributed by atoms with Crippen LogP contribution in [0, 0.1) is 0 Å². The molecule has 4 heteroatoms. The summed E-state index contributed by atoms with van der Waals surface area (Å²) in [7, 11) is 0. The Balaban J connectivity index is 2.15. The summed E-state index contributed by atoms with van der Waals surface area (Å²) in [5.41, 5.74) is 1.63. The zero-order valence-electron chi connectivity index (χ0n) is 11.5. The van der Waals surface area contributed by atoms with Crippen LogP contribution in [-0.4, -0.2) is 31.6 Å². The smallest absolute Gasteiger partial charge is 0.159 e. The van der Waals surface area contributed by atoms with Gasteiger partial charge in [-0.1, -0.05) is 11.6 Å². The molecule has 104 valence electrons. The van der Waals surface area contributed by atoms with Crippen molar-refractivity contribution in [2.24, 2.45) is 0 Å². The summed E-state index contributed by atoms with van der Waals surface area (Å²) in [4.78, 5) is 13.5. The van der Waals surface area contributed by atoms with Gasteiger partial charge in [-0.05, 0) is 44.9 Å². The van der Waals surface area contributed by atoms with Gasteiger partial charge >= 0.3 is 0 Å². The van der Waals surface area contributed by atoms with Gasteiger partial charge in [-0.3, -0.25) is 4.79 Å². The van der Waals surface area contributed by atoms with Crippen LogP contribution >= 0.6 is 11.6 Å². The number of rotatable bonds is 5. The number of hydrogen-bond donors (Lipinski definition) is 0. The summed E-state index contributed by atoms with van der Waals surface area (Å²) in [6.07, 6.45) is 2.54. The highest BCUT2D eigenvalue weighted by Gasteiger charge is 2.20. The molecule has 1 fully saturated rings. The number of ketones is 1. The molecular weight excluding hydrogens is 262 g/mol. The van der Waals surface area contributed by atoms with E-state index in [1.165, 1.54) is 0 Å². The predicted octanol–water partition coefficient (Wildman–Crippen LogP) is 3.55. The van der Waals surface area contributed by atoms with E-state index in [1.54, 1.807) is 13.0 Å². The fourth-order valence-electron chi connectivity index (χ4n) is 2.41. The van der Waals surface area contributed by atoms with E-state index in [9.17, 15) is 4.79 Å². The van der Waals surface area contributed by atoms with Crippen LogP contribution in [0.3, 0.4) is 0 Å². The van der Waals surface area contributed by atoms with Gasteiger partial charge in [0.05, 0.1) is 16.8 Å². The van der Waals surface area contributed by atoms with E-state index in [4.69, 9.17) is 16.3 Å². The molecule has 0 aromatic heterocycles. The number of halogens is 1. The van der Waals surface area contributed by atoms with Crippen LogP contribution in [0.5, 0.6) is 0 Å². The average Bonchev–Trinajstić information content (AvgIpc) is 2.89. The van der Waals surface area contributed by atoms with E-state index in [0.717, 1.165) is 38.2 Å². The summed E-state index contributed by atoms with van der Waals surface area (Å²) in [6.45, 7) is 6.24. The van der Waals surface area contributed by atoms with Crippen LogP contribution in [-0.2, 0) is 4.74 Å². The molecule has 0 saturated carbocycles. The van der Waals surface area contributed by atoms with Crippen molar-refractivity contribution in [1.29, 1.82) is 0 Å². The minimum absolute atomic E-state index is 0.0376. The minimum Gasteiger partial charge on any atom is -0.376 e. The van der Waals surface area contributed by atoms with E-state index < -0.39 is 0 Å². The lowest BCUT2D eigenvalue weighted by Gasteiger charge is -2.27. The molecule has 1 atom stereocenters. The van der Waals surface area contributed by atoms with Crippen LogP contribution in [0.25, 0.3) is 0 Å². The van der Waals surface area contributed by atoms with Crippen molar-refractivity contribution in [3.63, 3.8) is 0 Å². The number of Topliss-reactive ketones (excluding diaryl/α,β-unsaturated/α-hetero) is 1. The molecule has 0 amide bonds. The molecule has 3 nitrogen and oxygen atoms in total. The fraction of sp³-hybridized carbons (Fsp3) is 0.533. The van der Waals surface area contributed by atoms with Crippen molar-refractivity contribution >= 4 is 23.1 Å². The highest BCUT2D eigenvalue weighted by Crippen LogP contribution is 2.28. The van der Waals surface area contributed by atoms with Crippen molar-refractivity contribution in [3.8, 4) is 0 Å². The Morgan fingerprint density at radius 1 is 1.53 bits per heavy atom. The Morgan fingerprint density at radius 3 is 2.84 bits per heavy atom. The maximum Gasteiger partial charge on any atom is 0.159 e. The minimum atomic E-state index is 0.0376. The van der Waals surface area contributed by atoms with E-state index in [1.807, 2.05) is 12.1 Å². The van der Waals surface area contributed by atoms with Gasteiger partial charge in [-0.25, -0.2) is 0 Å². The van der Waals surface area contributed by atoms with Crippen molar-refractivity contribution < 1.29 is 9.53 Å². The number of anilines is 1. The Hall–Kier alpha value is -1.06. The zero-order chi connectivity index (χ0) is 13.8. The summed E-state index contributed by atoms with van der Waals surface area (Å²) >= 11 is 6.30. The molecule has 0 bridgehead atoms. The van der Waals surface area contributed by atoms with Crippen LogP contribution in [0.15, 0.2) is 18.2 Å². The SMILES string of the molecule is CCN(CC1CCCO1)c1ccc(C(C)=O)cc1Cl. The number of carbonyl (C=O) groups is 1. The highest BCUT2D eigenvalue weighted by atomic mass is 35.5. The first-order valence-electron chi connectivity index (χ1n) is 6.79. The molecule has 1 aromatic rings. The molecule has 1 saturated heterocycles. The first kappa shape index (κ1) is 14.4. The largest absolute Gasteiger partial charge is 0.376 e. The van der Waals surface area contributed by atoms with Crippen LogP contribution in [0.4, 0.5) is 5.69 Å². The molecule has 2 rings (SSSR count). The third-order valence-electron chi connectivity index (χ3n) is 3.52. The normalized spacial score (nSPS) is 18.6. The van der Waals surface area contributed by atoms with Crippen molar-refractivity contribution in [2.75, 3.05) is 24.6 Å². The predicted molar refractivity (Wildman–Crippen MR) is 78.3 cm³/mol. The average molecular weight is 282 g/mol. The third-order valence-corrected chi connectivity index (χ3v) is 3.83. The van der Waals surface area contributed by atoms with Gasteiger partial charge in [-0.2, -0.15) is 0 Å². The van der Waals surface area contributed by atoms with Gasteiger partial charge < -0.3 is 9.64 Å². The van der Waals surface area contributed by atoms with Gasteiger partial charge in [0, 0.05) is 25.3 Å². The van der Waals surface area contributed by atoms with Crippen LogP contribution in [0.1, 0.15) is 37.0 Å².